The molecule has 0 saturated carbocycles. The van der Waals surface area contributed by atoms with Crippen LogP contribution in [0.25, 0.3) is 0 Å². The lowest BCUT2D eigenvalue weighted by atomic mass is 9.96. The Hall–Kier alpha value is -0.450. The van der Waals surface area contributed by atoms with E-state index in [0.717, 1.165) is 0 Å². The van der Waals surface area contributed by atoms with Gasteiger partial charge in [-0.1, -0.05) is 20.8 Å². The van der Waals surface area contributed by atoms with E-state index < -0.39 is 5.79 Å². The van der Waals surface area contributed by atoms with Crippen LogP contribution in [0.5, 0.6) is 0 Å². The van der Waals surface area contributed by atoms with Gasteiger partial charge in [0.05, 0.1) is 0 Å². The van der Waals surface area contributed by atoms with Gasteiger partial charge < -0.3 is 14.2 Å². The predicted molar refractivity (Wildman–Crippen MR) is 55.3 cm³/mol. The number of rotatable bonds is 3. The van der Waals surface area contributed by atoms with E-state index in [4.69, 9.17) is 14.2 Å². The molecule has 1 saturated heterocycles. The lowest BCUT2D eigenvalue weighted by molar-refractivity contribution is -0.231. The number of Topliss-reactive ketones (excluding diaryl/α,β-unsaturated/α-hetero) is 1. The quantitative estimate of drug-likeness (QED) is 0.720. The molecule has 0 N–H and O–H groups in total. The van der Waals surface area contributed by atoms with E-state index in [9.17, 15) is 4.79 Å². The molecule has 1 rings (SSSR count). The SMILES string of the molecule is CC(=O)CO[C@@]1(C)CO[C@@H](C(C)(C)C)O1. The fourth-order valence-corrected chi connectivity index (χ4v) is 1.28. The predicted octanol–water partition coefficient (Wildman–Crippen LogP) is 1.73. The zero-order valence-corrected chi connectivity index (χ0v) is 10.1. The molecule has 15 heavy (non-hydrogen) atoms. The van der Waals surface area contributed by atoms with Gasteiger partial charge in [-0.2, -0.15) is 0 Å². The van der Waals surface area contributed by atoms with E-state index in [1.165, 1.54) is 6.92 Å². The van der Waals surface area contributed by atoms with Gasteiger partial charge in [-0.15, -0.1) is 0 Å². The normalized spacial score (nSPS) is 31.9. The molecule has 0 radical (unpaired) electrons. The van der Waals surface area contributed by atoms with Crippen molar-refractivity contribution < 1.29 is 19.0 Å². The molecular formula is C11H20O4. The van der Waals surface area contributed by atoms with Crippen molar-refractivity contribution in [3.8, 4) is 0 Å². The van der Waals surface area contributed by atoms with E-state index in [1.807, 2.05) is 20.8 Å². The van der Waals surface area contributed by atoms with E-state index in [0.29, 0.717) is 6.61 Å². The maximum Gasteiger partial charge on any atom is 0.192 e. The summed E-state index contributed by atoms with van der Waals surface area (Å²) >= 11 is 0. The summed E-state index contributed by atoms with van der Waals surface area (Å²) in [6.07, 6.45) is -0.283. The van der Waals surface area contributed by atoms with Gasteiger partial charge in [0, 0.05) is 5.41 Å². The van der Waals surface area contributed by atoms with Crippen molar-refractivity contribution in [3.63, 3.8) is 0 Å². The van der Waals surface area contributed by atoms with Crippen molar-refractivity contribution >= 4 is 5.78 Å². The van der Waals surface area contributed by atoms with Crippen molar-refractivity contribution in [2.24, 2.45) is 5.41 Å². The molecule has 0 amide bonds. The Morgan fingerprint density at radius 3 is 2.53 bits per heavy atom. The van der Waals surface area contributed by atoms with Crippen molar-refractivity contribution in [3.05, 3.63) is 0 Å². The smallest absolute Gasteiger partial charge is 0.192 e. The molecule has 0 aliphatic carbocycles. The summed E-state index contributed by atoms with van der Waals surface area (Å²) in [6.45, 7) is 9.82. The Morgan fingerprint density at radius 1 is 1.53 bits per heavy atom. The summed E-state index contributed by atoms with van der Waals surface area (Å²) < 4.78 is 16.6. The first-order chi connectivity index (χ1) is 6.73. The van der Waals surface area contributed by atoms with Crippen LogP contribution in [0.4, 0.5) is 0 Å². The van der Waals surface area contributed by atoms with Crippen molar-refractivity contribution in [2.75, 3.05) is 13.2 Å². The molecule has 1 fully saturated rings. The summed E-state index contributed by atoms with van der Waals surface area (Å²) in [7, 11) is 0. The second-order valence-electron chi connectivity index (χ2n) is 5.25. The highest BCUT2D eigenvalue weighted by Gasteiger charge is 2.43. The fourth-order valence-electron chi connectivity index (χ4n) is 1.28. The van der Waals surface area contributed by atoms with Crippen LogP contribution in [0.3, 0.4) is 0 Å². The molecule has 0 aromatic carbocycles. The lowest BCUT2D eigenvalue weighted by Crippen LogP contribution is -2.36. The van der Waals surface area contributed by atoms with Gasteiger partial charge in [0.25, 0.3) is 0 Å². The number of hydrogen-bond acceptors (Lipinski definition) is 4. The van der Waals surface area contributed by atoms with Gasteiger partial charge >= 0.3 is 0 Å². The summed E-state index contributed by atoms with van der Waals surface area (Å²) in [5, 5.41) is 0. The van der Waals surface area contributed by atoms with Crippen LogP contribution >= 0.6 is 0 Å². The Balaban J connectivity index is 2.50. The number of hydrogen-bond donors (Lipinski definition) is 0. The highest BCUT2D eigenvalue weighted by Crippen LogP contribution is 2.34. The van der Waals surface area contributed by atoms with Gasteiger partial charge in [-0.05, 0) is 13.8 Å². The zero-order chi connectivity index (χ0) is 11.7. The van der Waals surface area contributed by atoms with Crippen molar-refractivity contribution in [2.45, 2.75) is 46.7 Å². The first kappa shape index (κ1) is 12.6. The molecule has 0 unspecified atom stereocenters. The number of carbonyl (C=O) groups excluding carboxylic acids is 1. The van der Waals surface area contributed by atoms with Gasteiger partial charge in [0.1, 0.15) is 13.2 Å². The monoisotopic (exact) mass is 216 g/mol. The molecule has 1 heterocycles. The van der Waals surface area contributed by atoms with E-state index in [1.54, 1.807) is 6.92 Å². The molecule has 0 bridgehead atoms. The lowest BCUT2D eigenvalue weighted by Gasteiger charge is -2.28. The van der Waals surface area contributed by atoms with Crippen LogP contribution in [0.1, 0.15) is 34.6 Å². The molecule has 2 atom stereocenters. The molecule has 88 valence electrons. The Labute approximate surface area is 90.9 Å². The summed E-state index contributed by atoms with van der Waals surface area (Å²) in [6, 6.07) is 0. The molecule has 0 aromatic rings. The minimum absolute atomic E-state index is 0.0148. The topological polar surface area (TPSA) is 44.8 Å². The molecule has 0 spiro atoms. The maximum atomic E-state index is 10.8. The standard InChI is InChI=1S/C11H20O4/c1-8(12)6-14-11(5)7-13-9(15-11)10(2,3)4/h9H,6-7H2,1-5H3/t9-,11-/m1/s1. The summed E-state index contributed by atoms with van der Waals surface area (Å²) in [5.74, 6) is -0.803. The summed E-state index contributed by atoms with van der Waals surface area (Å²) in [4.78, 5) is 10.8. The Kier molecular flexibility index (Phi) is 3.53. The van der Waals surface area contributed by atoms with Crippen LogP contribution < -0.4 is 0 Å². The van der Waals surface area contributed by atoms with Crippen LogP contribution in [0, 0.1) is 5.41 Å². The van der Waals surface area contributed by atoms with Crippen LogP contribution in [-0.4, -0.2) is 31.1 Å². The average molecular weight is 216 g/mol. The van der Waals surface area contributed by atoms with Crippen molar-refractivity contribution in [1.82, 2.24) is 0 Å². The van der Waals surface area contributed by atoms with Gasteiger partial charge in [0.2, 0.25) is 0 Å². The minimum Gasteiger partial charge on any atom is -0.346 e. The summed E-state index contributed by atoms with van der Waals surface area (Å²) in [5.41, 5.74) is -0.0860. The first-order valence-corrected chi connectivity index (χ1v) is 5.16. The van der Waals surface area contributed by atoms with Crippen LogP contribution in [0.15, 0.2) is 0 Å². The largest absolute Gasteiger partial charge is 0.346 e. The van der Waals surface area contributed by atoms with Crippen LogP contribution in [0.2, 0.25) is 0 Å². The molecular weight excluding hydrogens is 196 g/mol. The molecule has 4 heteroatoms. The molecule has 4 nitrogen and oxygen atoms in total. The van der Waals surface area contributed by atoms with Gasteiger partial charge in [0.15, 0.2) is 17.9 Å². The van der Waals surface area contributed by atoms with Gasteiger partial charge in [-0.3, -0.25) is 4.79 Å². The fraction of sp³-hybridized carbons (Fsp3) is 0.909. The third-order valence-corrected chi connectivity index (χ3v) is 2.14. The van der Waals surface area contributed by atoms with E-state index in [2.05, 4.69) is 0 Å². The number of carbonyl (C=O) groups is 1. The second kappa shape index (κ2) is 4.20. The maximum absolute atomic E-state index is 10.8. The average Bonchev–Trinajstić information content (AvgIpc) is 2.45. The highest BCUT2D eigenvalue weighted by atomic mass is 16.8. The van der Waals surface area contributed by atoms with Gasteiger partial charge in [-0.25, -0.2) is 0 Å². The molecule has 1 aliphatic rings. The van der Waals surface area contributed by atoms with Crippen LogP contribution in [-0.2, 0) is 19.0 Å². The minimum atomic E-state index is -0.788. The Morgan fingerprint density at radius 2 is 2.13 bits per heavy atom. The van der Waals surface area contributed by atoms with E-state index >= 15 is 0 Å². The highest BCUT2D eigenvalue weighted by molar-refractivity contribution is 5.76. The second-order valence-corrected chi connectivity index (χ2v) is 5.25. The number of ketones is 1. The first-order valence-electron chi connectivity index (χ1n) is 5.16. The number of ether oxygens (including phenoxy) is 3. The van der Waals surface area contributed by atoms with Crippen molar-refractivity contribution in [1.29, 1.82) is 0 Å². The third-order valence-electron chi connectivity index (χ3n) is 2.14. The van der Waals surface area contributed by atoms with E-state index in [-0.39, 0.29) is 24.1 Å². The zero-order valence-electron chi connectivity index (χ0n) is 10.1. The molecule has 1 aliphatic heterocycles. The molecule has 0 aromatic heterocycles. The Bertz CT molecular complexity index is 243. The third kappa shape index (κ3) is 3.55.